The van der Waals surface area contributed by atoms with E-state index >= 15 is 0 Å². The monoisotopic (exact) mass is 183 g/mol. The molecule has 0 fully saturated rings. The largest absolute Gasteiger partial charge is 0.317 e. The van der Waals surface area contributed by atoms with Gasteiger partial charge in [-0.25, -0.2) is 0 Å². The minimum atomic E-state index is 0. The molecule has 0 unspecified atom stereocenters. The number of halogens is 1. The van der Waals surface area contributed by atoms with Crippen molar-refractivity contribution in [1.29, 1.82) is 0 Å². The van der Waals surface area contributed by atoms with Crippen LogP contribution < -0.4 is 5.32 Å². The smallest absolute Gasteiger partial charge is 0.00486 e. The normalized spacial score (nSPS) is 9.00. The Morgan fingerprint density at radius 3 is 2.40 bits per heavy atom. The van der Waals surface area contributed by atoms with Gasteiger partial charge < -0.3 is 5.32 Å². The molecule has 0 aromatic carbocycles. The van der Waals surface area contributed by atoms with E-state index < -0.39 is 0 Å². The van der Waals surface area contributed by atoms with Gasteiger partial charge in [0.25, 0.3) is 0 Å². The predicted molar refractivity (Wildman–Crippen MR) is 53.5 cm³/mol. The van der Waals surface area contributed by atoms with Gasteiger partial charge in [-0.05, 0) is 38.1 Å². The summed E-state index contributed by atoms with van der Waals surface area (Å²) in [5.74, 6) is 1.02. The van der Waals surface area contributed by atoms with Crippen LogP contribution in [0.15, 0.2) is 0 Å². The Hall–Kier alpha value is 0.600. The second-order valence-electron chi connectivity index (χ2n) is 2.18. The highest BCUT2D eigenvalue weighted by Crippen LogP contribution is 1.88. The SMILES string of the molecule is CCCNCCCCS.Cl. The number of rotatable bonds is 6. The molecule has 0 aliphatic carbocycles. The van der Waals surface area contributed by atoms with Crippen LogP contribution in [-0.4, -0.2) is 18.8 Å². The van der Waals surface area contributed by atoms with Crippen LogP contribution in [0.4, 0.5) is 0 Å². The highest BCUT2D eigenvalue weighted by Gasteiger charge is 1.83. The number of nitrogens with one attached hydrogen (secondary N) is 1. The molecule has 0 aliphatic rings. The van der Waals surface area contributed by atoms with Crippen molar-refractivity contribution in [2.75, 3.05) is 18.8 Å². The van der Waals surface area contributed by atoms with E-state index in [1.807, 2.05) is 0 Å². The van der Waals surface area contributed by atoms with Gasteiger partial charge in [-0.1, -0.05) is 6.92 Å². The lowest BCUT2D eigenvalue weighted by Gasteiger charge is -1.99. The Labute approximate surface area is 75.8 Å². The van der Waals surface area contributed by atoms with E-state index in [4.69, 9.17) is 0 Å². The van der Waals surface area contributed by atoms with E-state index in [1.54, 1.807) is 0 Å². The number of thiol groups is 1. The van der Waals surface area contributed by atoms with Crippen molar-refractivity contribution in [2.24, 2.45) is 0 Å². The molecule has 10 heavy (non-hydrogen) atoms. The number of hydrogen-bond acceptors (Lipinski definition) is 2. The molecule has 0 spiro atoms. The van der Waals surface area contributed by atoms with Gasteiger partial charge in [-0.3, -0.25) is 0 Å². The predicted octanol–water partition coefficient (Wildman–Crippen LogP) is 2.12. The topological polar surface area (TPSA) is 12.0 Å². The van der Waals surface area contributed by atoms with Crippen molar-refractivity contribution in [1.82, 2.24) is 5.32 Å². The molecule has 0 saturated carbocycles. The van der Waals surface area contributed by atoms with E-state index in [-0.39, 0.29) is 12.4 Å². The van der Waals surface area contributed by atoms with Gasteiger partial charge in [0.15, 0.2) is 0 Å². The van der Waals surface area contributed by atoms with Crippen LogP contribution in [0, 0.1) is 0 Å². The Balaban J connectivity index is 0. The highest BCUT2D eigenvalue weighted by atomic mass is 35.5. The zero-order valence-corrected chi connectivity index (χ0v) is 8.31. The summed E-state index contributed by atoms with van der Waals surface area (Å²) in [7, 11) is 0. The fourth-order valence-corrected chi connectivity index (χ4v) is 0.887. The minimum absolute atomic E-state index is 0. The zero-order chi connectivity index (χ0) is 6.95. The quantitative estimate of drug-likeness (QED) is 0.475. The molecule has 1 N–H and O–H groups in total. The van der Waals surface area contributed by atoms with Crippen LogP contribution in [0.3, 0.4) is 0 Å². The summed E-state index contributed by atoms with van der Waals surface area (Å²) >= 11 is 4.12. The third kappa shape index (κ3) is 11.4. The van der Waals surface area contributed by atoms with E-state index in [0.29, 0.717) is 0 Å². The van der Waals surface area contributed by atoms with Crippen LogP contribution in [0.5, 0.6) is 0 Å². The maximum Gasteiger partial charge on any atom is -0.00486 e. The average molecular weight is 184 g/mol. The van der Waals surface area contributed by atoms with Crippen molar-refractivity contribution in [3.8, 4) is 0 Å². The zero-order valence-electron chi connectivity index (χ0n) is 6.60. The third-order valence-corrected chi connectivity index (χ3v) is 1.50. The molecule has 0 aliphatic heterocycles. The van der Waals surface area contributed by atoms with Crippen LogP contribution in [-0.2, 0) is 0 Å². The maximum atomic E-state index is 4.12. The molecule has 0 amide bonds. The lowest BCUT2D eigenvalue weighted by atomic mass is 10.3. The van der Waals surface area contributed by atoms with Crippen molar-refractivity contribution in [3.05, 3.63) is 0 Å². The van der Waals surface area contributed by atoms with Crippen molar-refractivity contribution in [3.63, 3.8) is 0 Å². The van der Waals surface area contributed by atoms with E-state index in [2.05, 4.69) is 24.9 Å². The third-order valence-electron chi connectivity index (χ3n) is 1.19. The first-order valence-electron chi connectivity index (χ1n) is 3.73. The van der Waals surface area contributed by atoms with Gasteiger partial charge >= 0.3 is 0 Å². The minimum Gasteiger partial charge on any atom is -0.317 e. The Kier molecular flexibility index (Phi) is 16.2. The first-order chi connectivity index (χ1) is 4.41. The summed E-state index contributed by atoms with van der Waals surface area (Å²) in [6.45, 7) is 4.51. The molecule has 0 saturated heterocycles. The average Bonchev–Trinajstić information content (AvgIpc) is 1.89. The summed E-state index contributed by atoms with van der Waals surface area (Å²) in [4.78, 5) is 0. The molecule has 3 heteroatoms. The molecule has 64 valence electrons. The molecule has 0 aromatic rings. The summed E-state index contributed by atoms with van der Waals surface area (Å²) in [5, 5.41) is 3.34. The van der Waals surface area contributed by atoms with Gasteiger partial charge in [-0.15, -0.1) is 12.4 Å². The molecule has 0 bridgehead atoms. The lowest BCUT2D eigenvalue weighted by molar-refractivity contribution is 0.635. The Morgan fingerprint density at radius 2 is 1.90 bits per heavy atom. The van der Waals surface area contributed by atoms with E-state index in [9.17, 15) is 0 Å². The summed E-state index contributed by atoms with van der Waals surface area (Å²) in [6, 6.07) is 0. The Morgan fingerprint density at radius 1 is 1.20 bits per heavy atom. The van der Waals surface area contributed by atoms with Gasteiger partial charge in [0, 0.05) is 0 Å². The molecule has 0 atom stereocenters. The molecular formula is C7H18ClNS. The van der Waals surface area contributed by atoms with Crippen LogP contribution in [0.25, 0.3) is 0 Å². The molecular weight excluding hydrogens is 166 g/mol. The van der Waals surface area contributed by atoms with Crippen LogP contribution in [0.1, 0.15) is 26.2 Å². The van der Waals surface area contributed by atoms with Gasteiger partial charge in [-0.2, -0.15) is 12.6 Å². The molecule has 0 rings (SSSR count). The molecule has 0 heterocycles. The Bertz CT molecular complexity index is 46.9. The van der Waals surface area contributed by atoms with Gasteiger partial charge in [0.05, 0.1) is 0 Å². The first-order valence-corrected chi connectivity index (χ1v) is 4.36. The second kappa shape index (κ2) is 12.3. The van der Waals surface area contributed by atoms with E-state index in [1.165, 1.54) is 19.3 Å². The fraction of sp³-hybridized carbons (Fsp3) is 1.00. The summed E-state index contributed by atoms with van der Waals surface area (Å²) in [5.41, 5.74) is 0. The van der Waals surface area contributed by atoms with Gasteiger partial charge in [0.2, 0.25) is 0 Å². The number of hydrogen-bond donors (Lipinski definition) is 2. The van der Waals surface area contributed by atoms with Crippen LogP contribution in [0.2, 0.25) is 0 Å². The number of unbranched alkanes of at least 4 members (excludes halogenated alkanes) is 1. The van der Waals surface area contributed by atoms with E-state index in [0.717, 1.165) is 18.8 Å². The second-order valence-corrected chi connectivity index (χ2v) is 2.63. The standard InChI is InChI=1S/C7H17NS.ClH/c1-2-5-8-6-3-4-7-9;/h8-9H,2-7H2,1H3;1H. The van der Waals surface area contributed by atoms with Crippen molar-refractivity contribution >= 4 is 25.0 Å². The van der Waals surface area contributed by atoms with Crippen molar-refractivity contribution in [2.45, 2.75) is 26.2 Å². The summed E-state index contributed by atoms with van der Waals surface area (Å²) in [6.07, 6.45) is 3.74. The highest BCUT2D eigenvalue weighted by molar-refractivity contribution is 7.80. The fourth-order valence-electron chi connectivity index (χ4n) is 0.664. The van der Waals surface area contributed by atoms with Crippen LogP contribution >= 0.6 is 25.0 Å². The summed E-state index contributed by atoms with van der Waals surface area (Å²) < 4.78 is 0. The van der Waals surface area contributed by atoms with Crippen molar-refractivity contribution < 1.29 is 0 Å². The van der Waals surface area contributed by atoms with Gasteiger partial charge in [0.1, 0.15) is 0 Å². The molecule has 0 radical (unpaired) electrons. The first kappa shape index (κ1) is 13.2. The lowest BCUT2D eigenvalue weighted by Crippen LogP contribution is -2.15. The maximum absolute atomic E-state index is 4.12. The molecule has 0 aromatic heterocycles. The molecule has 1 nitrogen and oxygen atoms in total.